The van der Waals surface area contributed by atoms with E-state index in [0.29, 0.717) is 0 Å². The van der Waals surface area contributed by atoms with E-state index in [9.17, 15) is 0 Å². The molecule has 0 amide bonds. The maximum absolute atomic E-state index is 5.14. The summed E-state index contributed by atoms with van der Waals surface area (Å²) in [5.74, 6) is 0.807. The van der Waals surface area contributed by atoms with E-state index in [-0.39, 0.29) is 0 Å². The van der Waals surface area contributed by atoms with Crippen molar-refractivity contribution in [2.45, 2.75) is 6.92 Å². The van der Waals surface area contributed by atoms with Gasteiger partial charge in [0.2, 0.25) is 0 Å². The highest BCUT2D eigenvalue weighted by molar-refractivity contribution is 5.81. The number of aliphatic imine (C=N–C) groups is 1. The molecule has 3 heteroatoms. The number of pyridine rings is 1. The van der Waals surface area contributed by atoms with Crippen molar-refractivity contribution in [2.75, 3.05) is 7.11 Å². The average Bonchev–Trinajstić information content (AvgIpc) is 2.38. The van der Waals surface area contributed by atoms with Gasteiger partial charge in [0.25, 0.3) is 0 Å². The van der Waals surface area contributed by atoms with E-state index in [1.807, 2.05) is 43.3 Å². The van der Waals surface area contributed by atoms with Crippen LogP contribution in [0.5, 0.6) is 5.75 Å². The van der Waals surface area contributed by atoms with Gasteiger partial charge in [0.1, 0.15) is 5.75 Å². The topological polar surface area (TPSA) is 34.5 Å². The molecular formula is C14H14N2O. The van der Waals surface area contributed by atoms with E-state index in [0.717, 1.165) is 22.7 Å². The lowest BCUT2D eigenvalue weighted by Crippen LogP contribution is -1.85. The van der Waals surface area contributed by atoms with Gasteiger partial charge in [0, 0.05) is 29.7 Å². The van der Waals surface area contributed by atoms with Crippen LogP contribution in [0.3, 0.4) is 0 Å². The number of hydrogen-bond donors (Lipinski definition) is 0. The molecule has 0 unspecified atom stereocenters. The summed E-state index contributed by atoms with van der Waals surface area (Å²) >= 11 is 0. The molecule has 86 valence electrons. The maximum atomic E-state index is 5.14. The molecule has 0 radical (unpaired) electrons. The third kappa shape index (κ3) is 3.14. The van der Waals surface area contributed by atoms with Gasteiger partial charge in [0.05, 0.1) is 12.8 Å². The summed E-state index contributed by atoms with van der Waals surface area (Å²) in [4.78, 5) is 8.58. The molecule has 1 aromatic carbocycles. The summed E-state index contributed by atoms with van der Waals surface area (Å²) in [5.41, 5.74) is 2.85. The number of aromatic nitrogens is 1. The fourth-order valence-corrected chi connectivity index (χ4v) is 1.40. The lowest BCUT2D eigenvalue weighted by atomic mass is 10.2. The molecule has 17 heavy (non-hydrogen) atoms. The summed E-state index contributed by atoms with van der Waals surface area (Å²) in [7, 11) is 1.65. The van der Waals surface area contributed by atoms with Gasteiger partial charge in [-0.1, -0.05) is 12.1 Å². The normalized spacial score (nSPS) is 10.7. The fourth-order valence-electron chi connectivity index (χ4n) is 1.40. The number of rotatable bonds is 3. The zero-order chi connectivity index (χ0) is 12.1. The van der Waals surface area contributed by atoms with E-state index in [4.69, 9.17) is 4.74 Å². The Morgan fingerprint density at radius 3 is 2.82 bits per heavy atom. The van der Waals surface area contributed by atoms with E-state index in [2.05, 4.69) is 9.98 Å². The summed E-state index contributed by atoms with van der Waals surface area (Å²) in [6.45, 7) is 1.96. The van der Waals surface area contributed by atoms with Gasteiger partial charge in [-0.25, -0.2) is 0 Å². The molecule has 1 aromatic heterocycles. The first-order valence-electron chi connectivity index (χ1n) is 5.39. The summed E-state index contributed by atoms with van der Waals surface area (Å²) in [6.07, 6.45) is 3.60. The molecule has 1 heterocycles. The third-order valence-corrected chi connectivity index (χ3v) is 2.35. The minimum Gasteiger partial charge on any atom is -0.497 e. The predicted octanol–water partition coefficient (Wildman–Crippen LogP) is 3.15. The van der Waals surface area contributed by atoms with Crippen LogP contribution in [0.15, 0.2) is 47.6 Å². The SMILES string of the molecule is COc1cccc(/N=C/c2ccc(C)nc2)c1. The molecule has 2 rings (SSSR count). The zero-order valence-corrected chi connectivity index (χ0v) is 9.92. The first-order valence-corrected chi connectivity index (χ1v) is 5.39. The monoisotopic (exact) mass is 226 g/mol. The molecule has 0 aliphatic carbocycles. The molecule has 0 spiro atoms. The molecule has 0 aliphatic rings. The first kappa shape index (κ1) is 11.3. The smallest absolute Gasteiger partial charge is 0.121 e. The lowest BCUT2D eigenvalue weighted by molar-refractivity contribution is 0.415. The second-order valence-electron chi connectivity index (χ2n) is 3.69. The van der Waals surface area contributed by atoms with Gasteiger partial charge in [-0.3, -0.25) is 9.98 Å². The molecule has 0 aliphatic heterocycles. The van der Waals surface area contributed by atoms with Crippen molar-refractivity contribution in [3.05, 3.63) is 53.9 Å². The standard InChI is InChI=1S/C14H14N2O/c1-11-6-7-12(9-15-11)10-16-13-4-3-5-14(8-13)17-2/h3-10H,1-2H3/b16-10+. The Kier molecular flexibility index (Phi) is 3.50. The first-order chi connectivity index (χ1) is 8.28. The van der Waals surface area contributed by atoms with Crippen molar-refractivity contribution in [3.8, 4) is 5.75 Å². The van der Waals surface area contributed by atoms with Crippen LogP contribution in [0.4, 0.5) is 5.69 Å². The molecular weight excluding hydrogens is 212 g/mol. The van der Waals surface area contributed by atoms with Crippen molar-refractivity contribution in [1.82, 2.24) is 4.98 Å². The molecule has 0 fully saturated rings. The van der Waals surface area contributed by atoms with Crippen LogP contribution in [0.1, 0.15) is 11.3 Å². The second-order valence-corrected chi connectivity index (χ2v) is 3.69. The van der Waals surface area contributed by atoms with Crippen molar-refractivity contribution >= 4 is 11.9 Å². The van der Waals surface area contributed by atoms with Gasteiger partial charge in [0.15, 0.2) is 0 Å². The van der Waals surface area contributed by atoms with Crippen molar-refractivity contribution in [2.24, 2.45) is 4.99 Å². The van der Waals surface area contributed by atoms with Crippen LogP contribution in [-0.2, 0) is 0 Å². The van der Waals surface area contributed by atoms with Gasteiger partial charge in [-0.2, -0.15) is 0 Å². The van der Waals surface area contributed by atoms with Gasteiger partial charge < -0.3 is 4.74 Å². The van der Waals surface area contributed by atoms with Crippen molar-refractivity contribution in [3.63, 3.8) is 0 Å². The van der Waals surface area contributed by atoms with E-state index < -0.39 is 0 Å². The van der Waals surface area contributed by atoms with Crippen LogP contribution >= 0.6 is 0 Å². The fraction of sp³-hybridized carbons (Fsp3) is 0.143. The number of benzene rings is 1. The second kappa shape index (κ2) is 5.25. The Hall–Kier alpha value is -2.16. The Morgan fingerprint density at radius 2 is 2.12 bits per heavy atom. The number of nitrogens with zero attached hydrogens (tertiary/aromatic N) is 2. The quantitative estimate of drug-likeness (QED) is 0.753. The maximum Gasteiger partial charge on any atom is 0.121 e. The highest BCUT2D eigenvalue weighted by Gasteiger charge is 1.93. The summed E-state index contributed by atoms with van der Waals surface area (Å²) < 4.78 is 5.14. The third-order valence-electron chi connectivity index (χ3n) is 2.35. The summed E-state index contributed by atoms with van der Waals surface area (Å²) in [6, 6.07) is 11.6. The Labute approximate surface area is 101 Å². The number of hydrogen-bond acceptors (Lipinski definition) is 3. The van der Waals surface area contributed by atoms with Gasteiger partial charge in [-0.05, 0) is 25.1 Å². The van der Waals surface area contributed by atoms with Gasteiger partial charge in [-0.15, -0.1) is 0 Å². The van der Waals surface area contributed by atoms with Crippen LogP contribution < -0.4 is 4.74 Å². The zero-order valence-electron chi connectivity index (χ0n) is 9.92. The van der Waals surface area contributed by atoms with Crippen molar-refractivity contribution < 1.29 is 4.74 Å². The Balaban J connectivity index is 2.16. The Morgan fingerprint density at radius 1 is 1.24 bits per heavy atom. The average molecular weight is 226 g/mol. The van der Waals surface area contributed by atoms with Crippen LogP contribution in [-0.4, -0.2) is 18.3 Å². The van der Waals surface area contributed by atoms with Gasteiger partial charge >= 0.3 is 0 Å². The number of aryl methyl sites for hydroxylation is 1. The lowest BCUT2D eigenvalue weighted by Gasteiger charge is -1.99. The number of ether oxygens (including phenoxy) is 1. The number of methoxy groups -OCH3 is 1. The summed E-state index contributed by atoms with van der Waals surface area (Å²) in [5, 5.41) is 0. The largest absolute Gasteiger partial charge is 0.497 e. The molecule has 0 saturated heterocycles. The van der Waals surface area contributed by atoms with Crippen LogP contribution in [0.2, 0.25) is 0 Å². The minimum absolute atomic E-state index is 0.807. The molecule has 2 aromatic rings. The van der Waals surface area contributed by atoms with E-state index >= 15 is 0 Å². The Bertz CT molecular complexity index is 518. The van der Waals surface area contributed by atoms with E-state index in [1.165, 1.54) is 0 Å². The van der Waals surface area contributed by atoms with Crippen LogP contribution in [0, 0.1) is 6.92 Å². The molecule has 0 saturated carbocycles. The predicted molar refractivity (Wildman–Crippen MR) is 69.2 cm³/mol. The van der Waals surface area contributed by atoms with Crippen molar-refractivity contribution in [1.29, 1.82) is 0 Å². The molecule has 0 atom stereocenters. The molecule has 0 bridgehead atoms. The molecule has 3 nitrogen and oxygen atoms in total. The minimum atomic E-state index is 0.807. The molecule has 0 N–H and O–H groups in total. The highest BCUT2D eigenvalue weighted by Crippen LogP contribution is 2.19. The highest BCUT2D eigenvalue weighted by atomic mass is 16.5. The van der Waals surface area contributed by atoms with E-state index in [1.54, 1.807) is 19.5 Å². The van der Waals surface area contributed by atoms with Crippen LogP contribution in [0.25, 0.3) is 0 Å².